The maximum Gasteiger partial charge on any atom is 0.203 e. The highest BCUT2D eigenvalue weighted by Gasteiger charge is 2.02. The van der Waals surface area contributed by atoms with Crippen LogP contribution < -0.4 is 5.32 Å². The first-order chi connectivity index (χ1) is 8.40. The first-order valence-corrected chi connectivity index (χ1v) is 6.05. The van der Waals surface area contributed by atoms with Gasteiger partial charge in [0, 0.05) is 25.1 Å². The van der Waals surface area contributed by atoms with E-state index in [1.165, 1.54) is 6.42 Å². The molecule has 4 heteroatoms. The summed E-state index contributed by atoms with van der Waals surface area (Å²) in [7, 11) is 0. The summed E-state index contributed by atoms with van der Waals surface area (Å²) in [4.78, 5) is 8.62. The first kappa shape index (κ1) is 11.6. The van der Waals surface area contributed by atoms with Crippen LogP contribution in [0.4, 0.5) is 5.95 Å². The summed E-state index contributed by atoms with van der Waals surface area (Å²) in [5.41, 5.74) is 1.05. The summed E-state index contributed by atoms with van der Waals surface area (Å²) in [6.07, 6.45) is 7.96. The van der Waals surface area contributed by atoms with E-state index in [0.29, 0.717) is 0 Å². The topological polar surface area (TPSA) is 42.7 Å². The number of imidazole rings is 1. The lowest BCUT2D eigenvalue weighted by Gasteiger charge is -2.08. The zero-order valence-corrected chi connectivity index (χ0v) is 10.1. The van der Waals surface area contributed by atoms with E-state index >= 15 is 0 Å². The van der Waals surface area contributed by atoms with Crippen LogP contribution in [0.15, 0.2) is 36.8 Å². The molecule has 0 aromatic carbocycles. The van der Waals surface area contributed by atoms with Gasteiger partial charge in [-0.1, -0.05) is 19.4 Å². The first-order valence-electron chi connectivity index (χ1n) is 6.05. The van der Waals surface area contributed by atoms with Crippen molar-refractivity contribution in [2.45, 2.75) is 26.3 Å². The lowest BCUT2D eigenvalue weighted by molar-refractivity contribution is 0.760. The van der Waals surface area contributed by atoms with Gasteiger partial charge >= 0.3 is 0 Å². The van der Waals surface area contributed by atoms with Crippen LogP contribution in [0.5, 0.6) is 0 Å². The van der Waals surface area contributed by atoms with Gasteiger partial charge in [0.25, 0.3) is 0 Å². The molecule has 0 amide bonds. The van der Waals surface area contributed by atoms with Crippen LogP contribution in [-0.2, 0) is 6.54 Å². The monoisotopic (exact) mass is 230 g/mol. The summed E-state index contributed by atoms with van der Waals surface area (Å²) in [5.74, 6) is 0.920. The maximum atomic E-state index is 4.31. The minimum atomic E-state index is 0.759. The van der Waals surface area contributed by atoms with Crippen LogP contribution in [-0.4, -0.2) is 21.1 Å². The Balaban J connectivity index is 1.99. The summed E-state index contributed by atoms with van der Waals surface area (Å²) in [6.45, 7) is 3.91. The standard InChI is InChI=1S/C13H18N4/c1-2-3-7-15-13-16-9-10-17(13)11-12-6-4-5-8-14-12/h4-6,8-10H,2-3,7,11H2,1H3,(H,15,16). The van der Waals surface area contributed by atoms with Gasteiger partial charge in [-0.05, 0) is 18.6 Å². The fraction of sp³-hybridized carbons (Fsp3) is 0.385. The highest BCUT2D eigenvalue weighted by molar-refractivity contribution is 5.26. The predicted molar refractivity (Wildman–Crippen MR) is 69.0 cm³/mol. The van der Waals surface area contributed by atoms with Crippen molar-refractivity contribution in [2.75, 3.05) is 11.9 Å². The minimum Gasteiger partial charge on any atom is -0.356 e. The van der Waals surface area contributed by atoms with Crippen molar-refractivity contribution in [1.82, 2.24) is 14.5 Å². The van der Waals surface area contributed by atoms with E-state index in [1.54, 1.807) is 0 Å². The van der Waals surface area contributed by atoms with Gasteiger partial charge < -0.3 is 9.88 Å². The highest BCUT2D eigenvalue weighted by Crippen LogP contribution is 2.07. The predicted octanol–water partition coefficient (Wildman–Crippen LogP) is 2.54. The molecule has 0 atom stereocenters. The maximum absolute atomic E-state index is 4.31. The Morgan fingerprint density at radius 1 is 1.24 bits per heavy atom. The number of unbranched alkanes of at least 4 members (excludes halogenated alkanes) is 1. The van der Waals surface area contributed by atoms with Crippen LogP contribution in [0.25, 0.3) is 0 Å². The molecule has 0 saturated carbocycles. The molecule has 0 bridgehead atoms. The summed E-state index contributed by atoms with van der Waals surface area (Å²) in [5, 5.41) is 3.34. The Hall–Kier alpha value is -1.84. The number of hydrogen-bond donors (Lipinski definition) is 1. The third kappa shape index (κ3) is 3.31. The van der Waals surface area contributed by atoms with Gasteiger partial charge in [-0.15, -0.1) is 0 Å². The fourth-order valence-corrected chi connectivity index (χ4v) is 1.65. The Kier molecular flexibility index (Phi) is 4.13. The van der Waals surface area contributed by atoms with E-state index in [4.69, 9.17) is 0 Å². The van der Waals surface area contributed by atoms with Crippen LogP contribution in [0.1, 0.15) is 25.5 Å². The zero-order chi connectivity index (χ0) is 11.9. The third-order valence-corrected chi connectivity index (χ3v) is 2.59. The third-order valence-electron chi connectivity index (χ3n) is 2.59. The lowest BCUT2D eigenvalue weighted by atomic mass is 10.3. The molecule has 0 fully saturated rings. The van der Waals surface area contributed by atoms with Crippen molar-refractivity contribution in [3.8, 4) is 0 Å². The molecule has 0 saturated heterocycles. The van der Waals surface area contributed by atoms with Crippen molar-refractivity contribution in [3.63, 3.8) is 0 Å². The van der Waals surface area contributed by atoms with E-state index in [1.807, 2.05) is 36.8 Å². The van der Waals surface area contributed by atoms with Crippen molar-refractivity contribution in [2.24, 2.45) is 0 Å². The number of hydrogen-bond acceptors (Lipinski definition) is 3. The molecule has 0 aliphatic heterocycles. The molecule has 0 spiro atoms. The molecular formula is C13H18N4. The van der Waals surface area contributed by atoms with Crippen LogP contribution >= 0.6 is 0 Å². The molecule has 90 valence electrons. The second kappa shape index (κ2) is 6.03. The van der Waals surface area contributed by atoms with Crippen molar-refractivity contribution < 1.29 is 0 Å². The number of nitrogens with one attached hydrogen (secondary N) is 1. The van der Waals surface area contributed by atoms with E-state index in [0.717, 1.165) is 31.2 Å². The van der Waals surface area contributed by atoms with Gasteiger partial charge in [0.05, 0.1) is 12.2 Å². The molecule has 17 heavy (non-hydrogen) atoms. The second-order valence-electron chi connectivity index (χ2n) is 3.98. The Labute approximate surface area is 102 Å². The average molecular weight is 230 g/mol. The number of nitrogens with zero attached hydrogens (tertiary/aromatic N) is 3. The average Bonchev–Trinajstić information content (AvgIpc) is 2.79. The van der Waals surface area contributed by atoms with Crippen LogP contribution in [0.2, 0.25) is 0 Å². The lowest BCUT2D eigenvalue weighted by Crippen LogP contribution is -2.09. The highest BCUT2D eigenvalue weighted by atomic mass is 15.2. The number of anilines is 1. The van der Waals surface area contributed by atoms with E-state index in [-0.39, 0.29) is 0 Å². The van der Waals surface area contributed by atoms with Crippen molar-refractivity contribution >= 4 is 5.95 Å². The minimum absolute atomic E-state index is 0.759. The molecule has 2 heterocycles. The van der Waals surface area contributed by atoms with Crippen molar-refractivity contribution in [3.05, 3.63) is 42.5 Å². The molecule has 2 aromatic rings. The van der Waals surface area contributed by atoms with Gasteiger partial charge in [0.2, 0.25) is 5.95 Å². The second-order valence-corrected chi connectivity index (χ2v) is 3.98. The molecule has 0 radical (unpaired) electrons. The zero-order valence-electron chi connectivity index (χ0n) is 10.1. The van der Waals surface area contributed by atoms with E-state index in [2.05, 4.69) is 26.8 Å². The van der Waals surface area contributed by atoms with E-state index < -0.39 is 0 Å². The Morgan fingerprint density at radius 3 is 2.94 bits per heavy atom. The normalized spacial score (nSPS) is 10.4. The Bertz CT molecular complexity index is 436. The molecule has 2 rings (SSSR count). The quantitative estimate of drug-likeness (QED) is 0.775. The fourth-order valence-electron chi connectivity index (χ4n) is 1.65. The van der Waals surface area contributed by atoms with Gasteiger partial charge in [0.15, 0.2) is 0 Å². The smallest absolute Gasteiger partial charge is 0.203 e. The Morgan fingerprint density at radius 2 is 2.18 bits per heavy atom. The molecular weight excluding hydrogens is 212 g/mol. The summed E-state index contributed by atoms with van der Waals surface area (Å²) >= 11 is 0. The van der Waals surface area contributed by atoms with Crippen LogP contribution in [0, 0.1) is 0 Å². The molecule has 0 aliphatic carbocycles. The molecule has 4 nitrogen and oxygen atoms in total. The number of aromatic nitrogens is 3. The molecule has 1 N–H and O–H groups in total. The van der Waals surface area contributed by atoms with Crippen molar-refractivity contribution in [1.29, 1.82) is 0 Å². The van der Waals surface area contributed by atoms with Gasteiger partial charge in [-0.25, -0.2) is 4.98 Å². The summed E-state index contributed by atoms with van der Waals surface area (Å²) in [6, 6.07) is 5.96. The number of pyridine rings is 1. The van der Waals surface area contributed by atoms with E-state index in [9.17, 15) is 0 Å². The molecule has 0 aliphatic rings. The van der Waals surface area contributed by atoms with Gasteiger partial charge in [-0.2, -0.15) is 0 Å². The summed E-state index contributed by atoms with van der Waals surface area (Å²) < 4.78 is 2.08. The van der Waals surface area contributed by atoms with Gasteiger partial charge in [0.1, 0.15) is 0 Å². The molecule has 2 aromatic heterocycles. The SMILES string of the molecule is CCCCNc1nccn1Cc1ccccn1. The largest absolute Gasteiger partial charge is 0.356 e. The molecule has 0 unspecified atom stereocenters. The van der Waals surface area contributed by atoms with Gasteiger partial charge in [-0.3, -0.25) is 4.98 Å². The van der Waals surface area contributed by atoms with Crippen LogP contribution in [0.3, 0.4) is 0 Å². The number of rotatable bonds is 6.